The number of nitrogens with zero attached hydrogens (tertiary/aromatic N) is 2. The number of rotatable bonds is 5. The molecule has 0 bridgehead atoms. The number of hydrogen-bond donors (Lipinski definition) is 1. The lowest BCUT2D eigenvalue weighted by atomic mass is 10.1. The van der Waals surface area contributed by atoms with Crippen molar-refractivity contribution in [2.45, 2.75) is 26.5 Å². The lowest BCUT2D eigenvalue weighted by molar-refractivity contribution is 0.0894. The third kappa shape index (κ3) is 3.12. The minimum absolute atomic E-state index is 0.242. The minimum atomic E-state index is -0.600. The molecule has 2 aromatic carbocycles. The van der Waals surface area contributed by atoms with Gasteiger partial charge in [0.05, 0.1) is 12.2 Å². The third-order valence-electron chi connectivity index (χ3n) is 3.67. The Kier molecular flexibility index (Phi) is 4.11. The van der Waals surface area contributed by atoms with Crippen molar-refractivity contribution in [3.8, 4) is 5.75 Å². The van der Waals surface area contributed by atoms with Gasteiger partial charge in [0.1, 0.15) is 18.5 Å². The van der Waals surface area contributed by atoms with Crippen molar-refractivity contribution in [1.82, 2.24) is 9.78 Å². The van der Waals surface area contributed by atoms with Crippen molar-refractivity contribution in [3.63, 3.8) is 0 Å². The lowest BCUT2D eigenvalue weighted by Gasteiger charge is -2.14. The summed E-state index contributed by atoms with van der Waals surface area (Å²) in [5.41, 5.74) is 2.00. The number of benzene rings is 2. The van der Waals surface area contributed by atoms with Gasteiger partial charge in [-0.25, -0.2) is 0 Å². The second-order valence-corrected chi connectivity index (χ2v) is 5.55. The summed E-state index contributed by atoms with van der Waals surface area (Å²) in [6, 6.07) is 16.0. The summed E-state index contributed by atoms with van der Waals surface area (Å²) in [4.78, 5) is 0. The van der Waals surface area contributed by atoms with Gasteiger partial charge < -0.3 is 9.84 Å². The van der Waals surface area contributed by atoms with E-state index >= 15 is 0 Å². The quantitative estimate of drug-likeness (QED) is 0.787. The van der Waals surface area contributed by atoms with E-state index in [2.05, 4.69) is 17.2 Å². The highest BCUT2D eigenvalue weighted by atomic mass is 16.5. The zero-order chi connectivity index (χ0) is 15.5. The van der Waals surface area contributed by atoms with Crippen LogP contribution in [-0.2, 0) is 6.54 Å². The summed E-state index contributed by atoms with van der Waals surface area (Å²) < 4.78 is 7.62. The molecule has 0 amide bonds. The number of aryl methyl sites for hydroxylation is 2. The molecule has 0 aliphatic rings. The molecule has 0 radical (unpaired) electrons. The molecule has 0 unspecified atom stereocenters. The number of fused-ring (bicyclic) bond motifs is 1. The maximum absolute atomic E-state index is 10.2. The topological polar surface area (TPSA) is 47.3 Å². The average Bonchev–Trinajstić information content (AvgIpc) is 2.82. The molecule has 114 valence electrons. The van der Waals surface area contributed by atoms with Crippen LogP contribution in [0.2, 0.25) is 0 Å². The van der Waals surface area contributed by atoms with Gasteiger partial charge in [0.15, 0.2) is 0 Å². The fraction of sp³-hybridized carbons (Fsp3) is 0.278. The van der Waals surface area contributed by atoms with Crippen LogP contribution in [0.25, 0.3) is 10.8 Å². The van der Waals surface area contributed by atoms with E-state index in [9.17, 15) is 5.11 Å². The highest BCUT2D eigenvalue weighted by Crippen LogP contribution is 2.25. The van der Waals surface area contributed by atoms with Crippen LogP contribution in [0.15, 0.2) is 48.5 Å². The Labute approximate surface area is 130 Å². The number of ether oxygens (including phenoxy) is 1. The fourth-order valence-electron chi connectivity index (χ4n) is 2.62. The highest BCUT2D eigenvalue weighted by molar-refractivity contribution is 5.88. The lowest BCUT2D eigenvalue weighted by Crippen LogP contribution is -2.24. The molecular weight excluding hydrogens is 276 g/mol. The van der Waals surface area contributed by atoms with Crippen molar-refractivity contribution in [1.29, 1.82) is 0 Å². The number of hydrogen-bond acceptors (Lipinski definition) is 3. The second kappa shape index (κ2) is 6.20. The van der Waals surface area contributed by atoms with Crippen LogP contribution in [0.1, 0.15) is 11.4 Å². The van der Waals surface area contributed by atoms with E-state index in [1.807, 2.05) is 54.9 Å². The van der Waals surface area contributed by atoms with Crippen molar-refractivity contribution in [2.75, 3.05) is 6.61 Å². The van der Waals surface area contributed by atoms with E-state index in [1.54, 1.807) is 0 Å². The van der Waals surface area contributed by atoms with Gasteiger partial charge in [0, 0.05) is 11.1 Å². The predicted molar refractivity (Wildman–Crippen MR) is 87.2 cm³/mol. The first-order chi connectivity index (χ1) is 10.6. The van der Waals surface area contributed by atoms with Crippen molar-refractivity contribution < 1.29 is 9.84 Å². The van der Waals surface area contributed by atoms with Gasteiger partial charge in [-0.2, -0.15) is 5.10 Å². The Morgan fingerprint density at radius 3 is 2.68 bits per heavy atom. The molecule has 3 aromatic rings. The molecule has 3 rings (SSSR count). The van der Waals surface area contributed by atoms with E-state index in [-0.39, 0.29) is 6.61 Å². The number of aliphatic hydroxyl groups excluding tert-OH is 1. The van der Waals surface area contributed by atoms with Gasteiger partial charge >= 0.3 is 0 Å². The molecule has 22 heavy (non-hydrogen) atoms. The zero-order valence-corrected chi connectivity index (χ0v) is 12.9. The van der Waals surface area contributed by atoms with E-state index in [4.69, 9.17) is 4.74 Å². The number of aromatic nitrogens is 2. The molecule has 4 heteroatoms. The molecule has 0 saturated heterocycles. The summed E-state index contributed by atoms with van der Waals surface area (Å²) in [5, 5.41) is 16.7. The van der Waals surface area contributed by atoms with Crippen LogP contribution in [0.5, 0.6) is 5.75 Å². The van der Waals surface area contributed by atoms with Gasteiger partial charge in [-0.1, -0.05) is 36.4 Å². The van der Waals surface area contributed by atoms with E-state index in [0.717, 1.165) is 27.9 Å². The van der Waals surface area contributed by atoms with Gasteiger partial charge in [-0.3, -0.25) is 4.68 Å². The first kappa shape index (κ1) is 14.6. The van der Waals surface area contributed by atoms with E-state index < -0.39 is 6.10 Å². The molecule has 1 aromatic heterocycles. The Balaban J connectivity index is 1.67. The van der Waals surface area contributed by atoms with Crippen LogP contribution in [-0.4, -0.2) is 27.6 Å². The van der Waals surface area contributed by atoms with Gasteiger partial charge in [-0.05, 0) is 31.4 Å². The first-order valence-electron chi connectivity index (χ1n) is 7.43. The van der Waals surface area contributed by atoms with Gasteiger partial charge in [0.25, 0.3) is 0 Å². The smallest absolute Gasteiger partial charge is 0.127 e. The maximum atomic E-state index is 10.2. The Morgan fingerprint density at radius 1 is 1.14 bits per heavy atom. The number of aliphatic hydroxyl groups is 1. The minimum Gasteiger partial charge on any atom is -0.490 e. The van der Waals surface area contributed by atoms with Crippen molar-refractivity contribution >= 4 is 10.8 Å². The molecule has 1 N–H and O–H groups in total. The Hall–Kier alpha value is -2.33. The molecule has 0 aliphatic carbocycles. The molecule has 0 fully saturated rings. The molecule has 1 atom stereocenters. The average molecular weight is 296 g/mol. The maximum Gasteiger partial charge on any atom is 0.127 e. The fourth-order valence-corrected chi connectivity index (χ4v) is 2.62. The summed E-state index contributed by atoms with van der Waals surface area (Å²) in [6.45, 7) is 4.61. The SMILES string of the molecule is Cc1cc(C)n(C[C@H](O)COc2cccc3ccccc23)n1. The highest BCUT2D eigenvalue weighted by Gasteiger charge is 2.10. The van der Waals surface area contributed by atoms with Gasteiger partial charge in [-0.15, -0.1) is 0 Å². The molecule has 0 aliphatic heterocycles. The Morgan fingerprint density at radius 2 is 1.91 bits per heavy atom. The van der Waals surface area contributed by atoms with Crippen LogP contribution in [0.3, 0.4) is 0 Å². The van der Waals surface area contributed by atoms with E-state index in [0.29, 0.717) is 6.54 Å². The molecule has 0 spiro atoms. The summed E-state index contributed by atoms with van der Waals surface area (Å²) in [6.07, 6.45) is -0.600. The monoisotopic (exact) mass is 296 g/mol. The third-order valence-corrected chi connectivity index (χ3v) is 3.67. The van der Waals surface area contributed by atoms with Crippen LogP contribution >= 0.6 is 0 Å². The predicted octanol–water partition coefficient (Wildman–Crippen LogP) is 3.09. The van der Waals surface area contributed by atoms with Crippen molar-refractivity contribution in [3.05, 3.63) is 59.9 Å². The normalized spacial score (nSPS) is 12.5. The zero-order valence-electron chi connectivity index (χ0n) is 12.9. The molecular formula is C18H20N2O2. The van der Waals surface area contributed by atoms with Crippen molar-refractivity contribution in [2.24, 2.45) is 0 Å². The van der Waals surface area contributed by atoms with Crippen LogP contribution in [0.4, 0.5) is 0 Å². The largest absolute Gasteiger partial charge is 0.490 e. The summed E-state index contributed by atoms with van der Waals surface area (Å²) >= 11 is 0. The standard InChI is InChI=1S/C18H20N2O2/c1-13-10-14(2)20(19-13)11-16(21)12-22-18-9-5-7-15-6-3-4-8-17(15)18/h3-10,16,21H,11-12H2,1-2H3/t16-/m0/s1. The van der Waals surface area contributed by atoms with E-state index in [1.165, 1.54) is 0 Å². The van der Waals surface area contributed by atoms with Crippen LogP contribution < -0.4 is 4.74 Å². The summed E-state index contributed by atoms with van der Waals surface area (Å²) in [5.74, 6) is 0.797. The molecule has 0 saturated carbocycles. The first-order valence-corrected chi connectivity index (χ1v) is 7.43. The second-order valence-electron chi connectivity index (χ2n) is 5.55. The summed E-state index contributed by atoms with van der Waals surface area (Å²) in [7, 11) is 0. The molecule has 1 heterocycles. The molecule has 4 nitrogen and oxygen atoms in total. The Bertz CT molecular complexity index is 774. The van der Waals surface area contributed by atoms with Crippen LogP contribution in [0, 0.1) is 13.8 Å². The van der Waals surface area contributed by atoms with Gasteiger partial charge in [0.2, 0.25) is 0 Å².